The smallest absolute Gasteiger partial charge is 0.307 e. The van der Waals surface area contributed by atoms with Crippen LogP contribution in [0.2, 0.25) is 0 Å². The minimum atomic E-state index is -3.60. The van der Waals surface area contributed by atoms with Crippen molar-refractivity contribution < 1.29 is 23.1 Å². The minimum absolute atomic E-state index is 0.0450. The highest BCUT2D eigenvalue weighted by Crippen LogP contribution is 2.18. The Kier molecular flexibility index (Phi) is 6.18. The van der Waals surface area contributed by atoms with Crippen molar-refractivity contribution in [3.63, 3.8) is 0 Å². The molecule has 1 heterocycles. The molecule has 0 spiro atoms. The third-order valence-corrected chi connectivity index (χ3v) is 4.68. The fourth-order valence-electron chi connectivity index (χ4n) is 2.04. The Bertz CT molecular complexity index is 398. The molecule has 1 rings (SSSR count). The Hall–Kier alpha value is -0.700. The van der Waals surface area contributed by atoms with Gasteiger partial charge in [0.15, 0.2) is 0 Å². The van der Waals surface area contributed by atoms with Crippen molar-refractivity contribution in [1.29, 1.82) is 0 Å². The average Bonchev–Trinajstić information content (AvgIpc) is 2.37. The second kappa shape index (κ2) is 7.18. The number of ether oxygens (including phenoxy) is 1. The molecule has 0 radical (unpaired) electrons. The third-order valence-electron chi connectivity index (χ3n) is 3.14. The van der Waals surface area contributed by atoms with Gasteiger partial charge in [0.25, 0.3) is 10.2 Å². The maximum Gasteiger partial charge on any atom is 0.307 e. The van der Waals surface area contributed by atoms with Gasteiger partial charge in [0.05, 0.1) is 5.92 Å². The second-order valence-electron chi connectivity index (χ2n) is 4.95. The fraction of sp³-hybridized carbons (Fsp3) is 0.909. The van der Waals surface area contributed by atoms with Crippen molar-refractivity contribution >= 4 is 16.2 Å². The minimum Gasteiger partial charge on any atom is -0.481 e. The van der Waals surface area contributed by atoms with E-state index in [-0.39, 0.29) is 19.0 Å². The van der Waals surface area contributed by atoms with Crippen molar-refractivity contribution in [2.45, 2.75) is 19.8 Å². The molecule has 1 fully saturated rings. The maximum atomic E-state index is 12.0. The summed E-state index contributed by atoms with van der Waals surface area (Å²) in [5.74, 6) is -1.48. The molecule has 2 N–H and O–H groups in total. The Balaban J connectivity index is 2.54. The number of hydrogen-bond acceptors (Lipinski definition) is 4. The number of piperidine rings is 1. The molecule has 8 heteroatoms. The van der Waals surface area contributed by atoms with Crippen molar-refractivity contribution in [3.05, 3.63) is 0 Å². The SMILES string of the molecule is COCC(C)CNS(=O)(=O)N1CCCC(C(=O)O)C1. The fourth-order valence-corrected chi connectivity index (χ4v) is 3.47. The van der Waals surface area contributed by atoms with Gasteiger partial charge in [-0.2, -0.15) is 12.7 Å². The lowest BCUT2D eigenvalue weighted by molar-refractivity contribution is -0.142. The van der Waals surface area contributed by atoms with E-state index in [9.17, 15) is 13.2 Å². The maximum absolute atomic E-state index is 12.0. The molecule has 0 amide bonds. The summed E-state index contributed by atoms with van der Waals surface area (Å²) >= 11 is 0. The molecular formula is C11H22N2O5S. The summed E-state index contributed by atoms with van der Waals surface area (Å²) in [5.41, 5.74) is 0. The Morgan fingerprint density at radius 2 is 2.26 bits per heavy atom. The van der Waals surface area contributed by atoms with E-state index in [4.69, 9.17) is 9.84 Å². The first-order chi connectivity index (χ1) is 8.86. The molecule has 0 saturated carbocycles. The average molecular weight is 294 g/mol. The van der Waals surface area contributed by atoms with Gasteiger partial charge in [-0.1, -0.05) is 6.92 Å². The van der Waals surface area contributed by atoms with Gasteiger partial charge in [0, 0.05) is 33.4 Å². The Morgan fingerprint density at radius 1 is 1.58 bits per heavy atom. The number of carboxylic acids is 1. The predicted octanol–water partition coefficient (Wildman–Crippen LogP) is -0.100. The van der Waals surface area contributed by atoms with Crippen LogP contribution in [0.1, 0.15) is 19.8 Å². The molecule has 1 aliphatic heterocycles. The van der Waals surface area contributed by atoms with Crippen LogP contribution >= 0.6 is 0 Å². The highest BCUT2D eigenvalue weighted by Gasteiger charge is 2.32. The zero-order valence-corrected chi connectivity index (χ0v) is 12.1. The molecule has 1 aliphatic rings. The van der Waals surface area contributed by atoms with Crippen LogP contribution < -0.4 is 4.72 Å². The quantitative estimate of drug-likeness (QED) is 0.683. The van der Waals surface area contributed by atoms with Crippen LogP contribution in [-0.4, -0.2) is 57.1 Å². The molecule has 1 saturated heterocycles. The number of aliphatic carboxylic acids is 1. The molecule has 0 aromatic heterocycles. The van der Waals surface area contributed by atoms with E-state index in [2.05, 4.69) is 4.72 Å². The normalized spacial score (nSPS) is 23.2. The summed E-state index contributed by atoms with van der Waals surface area (Å²) in [5, 5.41) is 8.95. The lowest BCUT2D eigenvalue weighted by atomic mass is 10.0. The molecule has 2 unspecified atom stereocenters. The van der Waals surface area contributed by atoms with Crippen LogP contribution in [0, 0.1) is 11.8 Å². The number of hydrogen-bond donors (Lipinski definition) is 2. The van der Waals surface area contributed by atoms with Gasteiger partial charge in [-0.05, 0) is 18.8 Å². The second-order valence-corrected chi connectivity index (χ2v) is 6.70. The van der Waals surface area contributed by atoms with E-state index in [1.165, 1.54) is 4.31 Å². The first-order valence-corrected chi connectivity index (χ1v) is 7.77. The van der Waals surface area contributed by atoms with Crippen LogP contribution in [0.25, 0.3) is 0 Å². The largest absolute Gasteiger partial charge is 0.481 e. The van der Waals surface area contributed by atoms with E-state index in [1.54, 1.807) is 7.11 Å². The molecule has 0 bridgehead atoms. The first kappa shape index (κ1) is 16.4. The van der Waals surface area contributed by atoms with Gasteiger partial charge >= 0.3 is 5.97 Å². The zero-order valence-electron chi connectivity index (χ0n) is 11.3. The van der Waals surface area contributed by atoms with E-state index in [0.717, 1.165) is 0 Å². The molecule has 0 aromatic rings. The summed E-state index contributed by atoms with van der Waals surface area (Å²) in [4.78, 5) is 10.9. The Morgan fingerprint density at radius 3 is 2.84 bits per heavy atom. The van der Waals surface area contributed by atoms with E-state index in [0.29, 0.717) is 26.0 Å². The monoisotopic (exact) mass is 294 g/mol. The number of carbonyl (C=O) groups is 1. The lowest BCUT2D eigenvalue weighted by Crippen LogP contribution is -2.48. The van der Waals surface area contributed by atoms with Crippen LogP contribution in [-0.2, 0) is 19.7 Å². The van der Waals surface area contributed by atoms with Crippen LogP contribution in [0.4, 0.5) is 0 Å². The number of carboxylic acid groups (broad SMARTS) is 1. The third kappa shape index (κ3) is 5.06. The van der Waals surface area contributed by atoms with Gasteiger partial charge in [-0.25, -0.2) is 4.72 Å². The van der Waals surface area contributed by atoms with Gasteiger partial charge in [0.1, 0.15) is 0 Å². The van der Waals surface area contributed by atoms with Gasteiger partial charge < -0.3 is 9.84 Å². The molecule has 2 atom stereocenters. The predicted molar refractivity (Wildman–Crippen MR) is 69.9 cm³/mol. The topological polar surface area (TPSA) is 95.9 Å². The number of nitrogens with zero attached hydrogens (tertiary/aromatic N) is 1. The molecule has 0 aromatic carbocycles. The van der Waals surface area contributed by atoms with Crippen LogP contribution in [0.5, 0.6) is 0 Å². The lowest BCUT2D eigenvalue weighted by Gasteiger charge is -2.30. The molecular weight excluding hydrogens is 272 g/mol. The number of nitrogens with one attached hydrogen (secondary N) is 1. The van der Waals surface area contributed by atoms with Gasteiger partial charge in [0.2, 0.25) is 0 Å². The highest BCUT2D eigenvalue weighted by molar-refractivity contribution is 7.87. The summed E-state index contributed by atoms with van der Waals surface area (Å²) < 4.78 is 32.7. The van der Waals surface area contributed by atoms with E-state index < -0.39 is 22.1 Å². The summed E-state index contributed by atoms with van der Waals surface area (Å²) in [6.07, 6.45) is 1.10. The first-order valence-electron chi connectivity index (χ1n) is 6.33. The molecule has 0 aliphatic carbocycles. The van der Waals surface area contributed by atoms with Crippen molar-refractivity contribution in [3.8, 4) is 0 Å². The van der Waals surface area contributed by atoms with E-state index >= 15 is 0 Å². The number of rotatable bonds is 7. The summed E-state index contributed by atoms with van der Waals surface area (Å²) in [6.45, 7) is 3.05. The van der Waals surface area contributed by atoms with E-state index in [1.807, 2.05) is 6.92 Å². The standard InChI is InChI=1S/C11H22N2O5S/c1-9(8-18-2)6-12-19(16,17)13-5-3-4-10(7-13)11(14)15/h9-10,12H,3-8H2,1-2H3,(H,14,15). The van der Waals surface area contributed by atoms with Crippen molar-refractivity contribution in [2.24, 2.45) is 11.8 Å². The summed E-state index contributed by atoms with van der Waals surface area (Å²) in [7, 11) is -2.04. The molecule has 7 nitrogen and oxygen atoms in total. The van der Waals surface area contributed by atoms with Gasteiger partial charge in [-0.3, -0.25) is 4.79 Å². The van der Waals surface area contributed by atoms with Crippen molar-refractivity contribution in [2.75, 3.05) is 33.4 Å². The van der Waals surface area contributed by atoms with Crippen molar-refractivity contribution in [1.82, 2.24) is 9.03 Å². The summed E-state index contributed by atoms with van der Waals surface area (Å²) in [6, 6.07) is 0. The highest BCUT2D eigenvalue weighted by atomic mass is 32.2. The molecule has 19 heavy (non-hydrogen) atoms. The van der Waals surface area contributed by atoms with Gasteiger partial charge in [-0.15, -0.1) is 0 Å². The zero-order chi connectivity index (χ0) is 14.5. The van der Waals surface area contributed by atoms with Crippen LogP contribution in [0.3, 0.4) is 0 Å². The van der Waals surface area contributed by atoms with Crippen LogP contribution in [0.15, 0.2) is 0 Å². The number of methoxy groups -OCH3 is 1. The molecule has 112 valence electrons. The Labute approximate surface area is 114 Å².